The van der Waals surface area contributed by atoms with Crippen LogP contribution in [0.25, 0.3) is 10.2 Å². The molecule has 7 rings (SSSR count). The van der Waals surface area contributed by atoms with Gasteiger partial charge in [0.25, 0.3) is 0 Å². The second-order valence-electron chi connectivity index (χ2n) is 13.6. The quantitative estimate of drug-likeness (QED) is 0.138. The van der Waals surface area contributed by atoms with Crippen molar-refractivity contribution in [1.82, 2.24) is 30.1 Å². The number of amides is 5. The largest absolute Gasteiger partial charge is 0.497 e. The van der Waals surface area contributed by atoms with E-state index < -0.39 is 18.3 Å². The molecule has 14 nitrogen and oxygen atoms in total. The topological polar surface area (TPSA) is 163 Å². The molecule has 0 saturated carbocycles. The normalized spacial score (nSPS) is 16.8. The second kappa shape index (κ2) is 17.1. The molecule has 15 heteroatoms. The highest BCUT2D eigenvalue weighted by Gasteiger charge is 2.52. The van der Waals surface area contributed by atoms with Gasteiger partial charge in [-0.25, -0.2) is 14.6 Å². The summed E-state index contributed by atoms with van der Waals surface area (Å²) < 4.78 is 11.5. The van der Waals surface area contributed by atoms with Crippen LogP contribution < -0.4 is 21.1 Å². The van der Waals surface area contributed by atoms with Crippen molar-refractivity contribution >= 4 is 56.3 Å². The van der Waals surface area contributed by atoms with Crippen molar-refractivity contribution in [1.29, 1.82) is 0 Å². The molecule has 0 aliphatic carbocycles. The molecule has 0 bridgehead atoms. The van der Waals surface area contributed by atoms with E-state index in [0.717, 1.165) is 38.2 Å². The Morgan fingerprint density at radius 1 is 0.946 bits per heavy atom. The molecular weight excluding hydrogens is 733 g/mol. The predicted octanol–water partition coefficient (Wildman–Crippen LogP) is 5.60. The fourth-order valence-electron chi connectivity index (χ4n) is 7.14. The van der Waals surface area contributed by atoms with Gasteiger partial charge >= 0.3 is 12.1 Å². The van der Waals surface area contributed by atoms with Crippen molar-refractivity contribution < 1.29 is 28.7 Å². The van der Waals surface area contributed by atoms with Gasteiger partial charge in [-0.3, -0.25) is 19.9 Å². The van der Waals surface area contributed by atoms with Crippen LogP contribution in [-0.2, 0) is 40.4 Å². The number of carbonyl (C=O) groups is 4. The van der Waals surface area contributed by atoms with E-state index in [4.69, 9.17) is 15.2 Å². The van der Waals surface area contributed by atoms with Gasteiger partial charge in [0, 0.05) is 31.7 Å². The van der Waals surface area contributed by atoms with E-state index in [2.05, 4.69) is 15.6 Å². The molecule has 2 fully saturated rings. The highest BCUT2D eigenvalue weighted by molar-refractivity contribution is 7.22. The van der Waals surface area contributed by atoms with Crippen LogP contribution in [0.2, 0.25) is 0 Å². The fourth-order valence-corrected chi connectivity index (χ4v) is 7.92. The average molecular weight is 777 g/mol. The molecule has 2 aliphatic heterocycles. The Morgan fingerprint density at radius 3 is 2.43 bits per heavy atom. The summed E-state index contributed by atoms with van der Waals surface area (Å²) in [5.41, 5.74) is 10.7. The Bertz CT molecular complexity index is 2180. The van der Waals surface area contributed by atoms with E-state index in [0.29, 0.717) is 23.8 Å². The number of hydrazine groups is 1. The molecule has 5 amide bonds. The van der Waals surface area contributed by atoms with E-state index in [-0.39, 0.29) is 57.1 Å². The molecule has 0 spiro atoms. The van der Waals surface area contributed by atoms with E-state index in [1.54, 1.807) is 39.1 Å². The van der Waals surface area contributed by atoms with Crippen LogP contribution in [-0.4, -0.2) is 87.7 Å². The number of carbonyl (C=O) groups excluding carboxylic acids is 4. The van der Waals surface area contributed by atoms with Crippen LogP contribution in [0.1, 0.15) is 35.6 Å². The Morgan fingerprint density at radius 2 is 1.70 bits per heavy atom. The zero-order chi connectivity index (χ0) is 39.2. The lowest BCUT2D eigenvalue weighted by Crippen LogP contribution is -2.66. The van der Waals surface area contributed by atoms with E-state index in [9.17, 15) is 19.2 Å². The van der Waals surface area contributed by atoms with Gasteiger partial charge in [-0.15, -0.1) is 0 Å². The highest BCUT2D eigenvalue weighted by Crippen LogP contribution is 2.33. The van der Waals surface area contributed by atoms with E-state index in [1.807, 2.05) is 91.9 Å². The summed E-state index contributed by atoms with van der Waals surface area (Å²) in [7, 11) is 1.60. The molecule has 4 N–H and O–H groups in total. The molecular formula is C41H44N8O6S. The van der Waals surface area contributed by atoms with Crippen LogP contribution in [0.15, 0.2) is 97.1 Å². The number of urea groups is 1. The van der Waals surface area contributed by atoms with Crippen LogP contribution >= 0.6 is 11.3 Å². The smallest absolute Gasteiger partial charge is 0.411 e. The van der Waals surface area contributed by atoms with Gasteiger partial charge < -0.3 is 30.3 Å². The molecule has 2 aliphatic rings. The number of para-hydroxylation sites is 1. The zero-order valence-corrected chi connectivity index (χ0v) is 32.0. The standard InChI is InChI=1S/C41H44N8O6S/c1-3-20-47(40(52)43-22-28-14-18-32(54-2)19-15-28)48-25-36(50)49-33(21-27-12-16-31(17-13-27)44-41(53)55-26-29-8-5-4-6-9-29)38(51)46(24-35(48)49)23-30-10-7-11-34-37(30)45-39(42)56-34/h4-19,33,35H,3,20-26H2,1-2H3,(H2,42,45)(H,43,52)(H,44,53)/t33-,35+/m0/s1. The van der Waals surface area contributed by atoms with E-state index in [1.165, 1.54) is 11.3 Å². The Hall–Kier alpha value is -6.19. The van der Waals surface area contributed by atoms with Gasteiger partial charge in [0.1, 0.15) is 24.6 Å². The molecule has 3 heterocycles. The monoisotopic (exact) mass is 776 g/mol. The first-order valence-corrected chi connectivity index (χ1v) is 19.3. The maximum Gasteiger partial charge on any atom is 0.411 e. The summed E-state index contributed by atoms with van der Waals surface area (Å²) >= 11 is 1.38. The molecule has 1 aromatic heterocycles. The number of benzene rings is 4. The summed E-state index contributed by atoms with van der Waals surface area (Å²) in [6, 6.07) is 28.6. The van der Waals surface area contributed by atoms with Crippen molar-refractivity contribution in [3.8, 4) is 5.75 Å². The van der Waals surface area contributed by atoms with E-state index >= 15 is 0 Å². The number of fused-ring (bicyclic) bond motifs is 2. The zero-order valence-electron chi connectivity index (χ0n) is 31.2. The second-order valence-corrected chi connectivity index (χ2v) is 14.7. The van der Waals surface area contributed by atoms with Gasteiger partial charge in [0.05, 0.1) is 30.4 Å². The van der Waals surface area contributed by atoms with Crippen LogP contribution in [0, 0.1) is 0 Å². The number of hydrogen-bond acceptors (Lipinski definition) is 10. The van der Waals surface area contributed by atoms with Crippen molar-refractivity contribution in [3.63, 3.8) is 0 Å². The molecule has 0 unspecified atom stereocenters. The minimum absolute atomic E-state index is 0.0651. The summed E-state index contributed by atoms with van der Waals surface area (Å²) in [4.78, 5) is 62.8. The third kappa shape index (κ3) is 8.53. The lowest BCUT2D eigenvalue weighted by molar-refractivity contribution is -0.157. The lowest BCUT2D eigenvalue weighted by Gasteiger charge is -2.46. The number of hydrogen-bond donors (Lipinski definition) is 3. The van der Waals surface area contributed by atoms with Gasteiger partial charge in [0.15, 0.2) is 5.13 Å². The summed E-state index contributed by atoms with van der Waals surface area (Å²) in [6.07, 6.45) is -0.335. The maximum absolute atomic E-state index is 14.5. The number of aromatic nitrogens is 1. The first-order chi connectivity index (χ1) is 27.2. The molecule has 5 aromatic rings. The molecule has 290 valence electrons. The molecule has 0 radical (unpaired) electrons. The van der Waals surface area contributed by atoms with Gasteiger partial charge in [-0.1, -0.05) is 85.0 Å². The number of rotatable bonds is 13. The average Bonchev–Trinajstić information content (AvgIpc) is 3.76. The number of ether oxygens (including phenoxy) is 2. The molecule has 4 aromatic carbocycles. The molecule has 56 heavy (non-hydrogen) atoms. The number of nitrogen functional groups attached to an aromatic ring is 1. The Kier molecular flexibility index (Phi) is 11.6. The SMILES string of the molecule is CCCN(C(=O)NCc1ccc(OC)cc1)N1CC(=O)N2[C@@H](Cc3ccc(NC(=O)OCc4ccccc4)cc3)C(=O)N(Cc3cccc4sc(N)nc34)C[C@@H]21. The Labute approximate surface area is 328 Å². The third-order valence-electron chi connectivity index (χ3n) is 9.87. The predicted molar refractivity (Wildman–Crippen MR) is 213 cm³/mol. The van der Waals surface area contributed by atoms with Gasteiger partial charge in [-0.2, -0.15) is 5.01 Å². The number of anilines is 2. The highest BCUT2D eigenvalue weighted by atomic mass is 32.1. The maximum atomic E-state index is 14.5. The van der Waals surface area contributed by atoms with Crippen LogP contribution in [0.5, 0.6) is 5.75 Å². The first-order valence-electron chi connectivity index (χ1n) is 18.5. The number of piperazine rings is 1. The number of nitrogens with one attached hydrogen (secondary N) is 2. The molecule has 2 atom stereocenters. The summed E-state index contributed by atoms with van der Waals surface area (Å²) in [5, 5.41) is 9.58. The summed E-state index contributed by atoms with van der Waals surface area (Å²) in [5.74, 6) is 0.260. The third-order valence-corrected chi connectivity index (χ3v) is 10.7. The van der Waals surface area contributed by atoms with Crippen molar-refractivity contribution in [2.24, 2.45) is 0 Å². The van der Waals surface area contributed by atoms with Crippen molar-refractivity contribution in [2.45, 2.75) is 51.7 Å². The van der Waals surface area contributed by atoms with Crippen LogP contribution in [0.3, 0.4) is 0 Å². The lowest BCUT2D eigenvalue weighted by atomic mass is 9.99. The first kappa shape index (κ1) is 38.1. The van der Waals surface area contributed by atoms with Crippen molar-refractivity contribution in [3.05, 3.63) is 119 Å². The van der Waals surface area contributed by atoms with Gasteiger partial charge in [-0.05, 0) is 59.0 Å². The minimum atomic E-state index is -0.855. The minimum Gasteiger partial charge on any atom is -0.497 e. The van der Waals surface area contributed by atoms with Crippen LogP contribution in [0.4, 0.5) is 20.4 Å². The molecule has 2 saturated heterocycles. The summed E-state index contributed by atoms with van der Waals surface area (Å²) in [6.45, 7) is 3.11. The number of nitrogens with zero attached hydrogens (tertiary/aromatic N) is 5. The van der Waals surface area contributed by atoms with Gasteiger partial charge in [0.2, 0.25) is 11.8 Å². The Balaban J connectivity index is 1.11. The fraction of sp³-hybridized carbons (Fsp3) is 0.293. The number of methoxy groups -OCH3 is 1. The number of thiazole rings is 1. The number of nitrogens with two attached hydrogens (primary N) is 1. The van der Waals surface area contributed by atoms with Crippen molar-refractivity contribution in [2.75, 3.05) is 37.8 Å².